The first-order chi connectivity index (χ1) is 12.4. The Hall–Kier alpha value is -1.11. The summed E-state index contributed by atoms with van der Waals surface area (Å²) in [6, 6.07) is 6.91. The first-order valence-electron chi connectivity index (χ1n) is 7.52. The first kappa shape index (κ1) is 18.3. The van der Waals surface area contributed by atoms with Crippen LogP contribution in [-0.2, 0) is 23.0 Å². The summed E-state index contributed by atoms with van der Waals surface area (Å²) in [4.78, 5) is 18.1. The lowest BCUT2D eigenvalue weighted by Gasteiger charge is -2.24. The molecule has 4 rings (SSSR count). The highest BCUT2D eigenvalue weighted by Gasteiger charge is 2.31. The molecule has 0 atom stereocenters. The summed E-state index contributed by atoms with van der Waals surface area (Å²) < 4.78 is 28.1. The molecule has 0 unspecified atom stereocenters. The molecule has 26 heavy (non-hydrogen) atoms. The molecule has 11 heteroatoms. The summed E-state index contributed by atoms with van der Waals surface area (Å²) in [6.45, 7) is 0.659. The fourth-order valence-corrected chi connectivity index (χ4v) is 7.85. The smallest absolute Gasteiger partial charge is 0.267 e. The average Bonchev–Trinajstić information content (AvgIpc) is 3.34. The lowest BCUT2D eigenvalue weighted by atomic mass is 10.2. The third kappa shape index (κ3) is 3.51. The SMILES string of the molecule is O=C(Nc1nc2c(s1)CN(S(=O)(=O)c1ccc(Br)s1)CC2)c1cccs1. The van der Waals surface area contributed by atoms with Crippen LogP contribution in [0.2, 0.25) is 0 Å². The number of rotatable bonds is 4. The van der Waals surface area contributed by atoms with Gasteiger partial charge < -0.3 is 0 Å². The van der Waals surface area contributed by atoms with Crippen molar-refractivity contribution < 1.29 is 13.2 Å². The van der Waals surface area contributed by atoms with E-state index in [0.29, 0.717) is 27.2 Å². The van der Waals surface area contributed by atoms with Gasteiger partial charge in [0.25, 0.3) is 15.9 Å². The molecule has 1 amide bonds. The van der Waals surface area contributed by atoms with Gasteiger partial charge in [0.15, 0.2) is 5.13 Å². The summed E-state index contributed by atoms with van der Waals surface area (Å²) in [6.07, 6.45) is 0.534. The maximum Gasteiger partial charge on any atom is 0.267 e. The minimum Gasteiger partial charge on any atom is -0.297 e. The minimum atomic E-state index is -3.52. The Morgan fingerprint density at radius 3 is 2.81 bits per heavy atom. The van der Waals surface area contributed by atoms with E-state index >= 15 is 0 Å². The number of nitrogens with one attached hydrogen (secondary N) is 1. The number of sulfonamides is 1. The first-order valence-corrected chi connectivity index (χ1v) is 12.3. The number of carbonyl (C=O) groups excluding carboxylic acids is 1. The molecule has 0 saturated heterocycles. The second-order valence-electron chi connectivity index (χ2n) is 5.47. The van der Waals surface area contributed by atoms with Gasteiger partial charge in [-0.3, -0.25) is 10.1 Å². The van der Waals surface area contributed by atoms with Gasteiger partial charge >= 0.3 is 0 Å². The van der Waals surface area contributed by atoms with Gasteiger partial charge in [-0.15, -0.1) is 34.0 Å². The zero-order valence-electron chi connectivity index (χ0n) is 13.1. The van der Waals surface area contributed by atoms with E-state index < -0.39 is 10.0 Å². The van der Waals surface area contributed by atoms with E-state index in [2.05, 4.69) is 26.2 Å². The molecule has 136 valence electrons. The zero-order chi connectivity index (χ0) is 18.3. The largest absolute Gasteiger partial charge is 0.297 e. The summed E-state index contributed by atoms with van der Waals surface area (Å²) in [5.41, 5.74) is 0.857. The van der Waals surface area contributed by atoms with E-state index in [-0.39, 0.29) is 12.5 Å². The van der Waals surface area contributed by atoms with Crippen molar-refractivity contribution in [1.29, 1.82) is 0 Å². The number of halogens is 1. The highest BCUT2D eigenvalue weighted by molar-refractivity contribution is 9.11. The third-order valence-corrected chi connectivity index (χ3v) is 9.61. The summed E-state index contributed by atoms with van der Waals surface area (Å²) in [5, 5.41) is 5.14. The van der Waals surface area contributed by atoms with Crippen molar-refractivity contribution in [2.75, 3.05) is 11.9 Å². The number of aromatic nitrogens is 1. The molecule has 0 spiro atoms. The standard InChI is InChI=1S/C15H12BrN3O3S4/c16-12-3-4-13(25-12)26(21,22)19-6-5-9-11(8-19)24-15(17-9)18-14(20)10-2-1-7-23-10/h1-4,7H,5-6,8H2,(H,17,18,20). The molecular weight excluding hydrogens is 478 g/mol. The molecule has 0 saturated carbocycles. The number of amides is 1. The summed E-state index contributed by atoms with van der Waals surface area (Å²) >= 11 is 7.20. The van der Waals surface area contributed by atoms with Gasteiger partial charge in [0.2, 0.25) is 0 Å². The Bertz CT molecular complexity index is 1060. The van der Waals surface area contributed by atoms with Crippen molar-refractivity contribution in [2.45, 2.75) is 17.2 Å². The van der Waals surface area contributed by atoms with Crippen LogP contribution in [0.15, 0.2) is 37.6 Å². The topological polar surface area (TPSA) is 79.4 Å². The normalized spacial score (nSPS) is 15.0. The highest BCUT2D eigenvalue weighted by Crippen LogP contribution is 2.34. The van der Waals surface area contributed by atoms with Crippen molar-refractivity contribution in [2.24, 2.45) is 0 Å². The zero-order valence-corrected chi connectivity index (χ0v) is 18.0. The minimum absolute atomic E-state index is 0.195. The number of hydrogen-bond donors (Lipinski definition) is 1. The Balaban J connectivity index is 1.52. The third-order valence-electron chi connectivity index (χ3n) is 3.80. The number of fused-ring (bicyclic) bond motifs is 1. The molecule has 1 aliphatic heterocycles. The van der Waals surface area contributed by atoms with E-state index in [9.17, 15) is 13.2 Å². The highest BCUT2D eigenvalue weighted by atomic mass is 79.9. The number of thiophene rings is 2. The number of carbonyl (C=O) groups is 1. The van der Waals surface area contributed by atoms with Gasteiger partial charge in [-0.2, -0.15) is 4.31 Å². The Kier molecular flexibility index (Phi) is 5.01. The number of thiazole rings is 1. The van der Waals surface area contributed by atoms with Crippen LogP contribution in [0.1, 0.15) is 20.2 Å². The maximum atomic E-state index is 12.8. The molecule has 0 aromatic carbocycles. The van der Waals surface area contributed by atoms with Gasteiger partial charge in [0.1, 0.15) is 4.21 Å². The molecule has 1 N–H and O–H groups in total. The summed E-state index contributed by atoms with van der Waals surface area (Å²) in [7, 11) is -3.52. The maximum absolute atomic E-state index is 12.8. The molecule has 1 aliphatic rings. The van der Waals surface area contributed by atoms with Crippen LogP contribution in [-0.4, -0.2) is 30.2 Å². The predicted molar refractivity (Wildman–Crippen MR) is 108 cm³/mol. The quantitative estimate of drug-likeness (QED) is 0.599. The molecule has 6 nitrogen and oxygen atoms in total. The molecule has 4 heterocycles. The van der Waals surface area contributed by atoms with Crippen LogP contribution in [0.25, 0.3) is 0 Å². The molecule has 0 radical (unpaired) electrons. The predicted octanol–water partition coefficient (Wildman–Crippen LogP) is 4.03. The van der Waals surface area contributed by atoms with Gasteiger partial charge in [0.05, 0.1) is 20.9 Å². The number of anilines is 1. The van der Waals surface area contributed by atoms with Crippen molar-refractivity contribution in [1.82, 2.24) is 9.29 Å². The van der Waals surface area contributed by atoms with Gasteiger partial charge in [-0.25, -0.2) is 13.4 Å². The molecule has 3 aromatic heterocycles. The van der Waals surface area contributed by atoms with Crippen LogP contribution in [0.3, 0.4) is 0 Å². The fraction of sp³-hybridized carbons (Fsp3) is 0.200. The Morgan fingerprint density at radius 2 is 2.12 bits per heavy atom. The van der Waals surface area contributed by atoms with Gasteiger partial charge in [-0.1, -0.05) is 6.07 Å². The molecule has 3 aromatic rings. The van der Waals surface area contributed by atoms with E-state index in [1.165, 1.54) is 38.3 Å². The fourth-order valence-electron chi connectivity index (χ4n) is 2.56. The van der Waals surface area contributed by atoms with E-state index in [1.807, 2.05) is 11.4 Å². The van der Waals surface area contributed by atoms with Gasteiger partial charge in [-0.05, 0) is 39.5 Å². The monoisotopic (exact) mass is 489 g/mol. The van der Waals surface area contributed by atoms with Crippen LogP contribution in [0, 0.1) is 0 Å². The Morgan fingerprint density at radius 1 is 1.27 bits per heavy atom. The Labute approximate surface area is 170 Å². The van der Waals surface area contributed by atoms with E-state index in [4.69, 9.17) is 0 Å². The number of nitrogens with zero attached hydrogens (tertiary/aromatic N) is 2. The van der Waals surface area contributed by atoms with Crippen LogP contribution in [0.4, 0.5) is 5.13 Å². The van der Waals surface area contributed by atoms with Crippen molar-refractivity contribution >= 4 is 71.0 Å². The van der Waals surface area contributed by atoms with Crippen LogP contribution < -0.4 is 5.32 Å². The van der Waals surface area contributed by atoms with Crippen molar-refractivity contribution in [3.05, 3.63) is 48.9 Å². The van der Waals surface area contributed by atoms with E-state index in [0.717, 1.165) is 14.4 Å². The molecular formula is C15H12BrN3O3S4. The van der Waals surface area contributed by atoms with E-state index in [1.54, 1.807) is 18.2 Å². The van der Waals surface area contributed by atoms with Crippen molar-refractivity contribution in [3.8, 4) is 0 Å². The lowest BCUT2D eigenvalue weighted by Crippen LogP contribution is -2.35. The van der Waals surface area contributed by atoms with Crippen LogP contribution in [0.5, 0.6) is 0 Å². The van der Waals surface area contributed by atoms with Crippen LogP contribution >= 0.6 is 49.9 Å². The van der Waals surface area contributed by atoms with Gasteiger partial charge in [0, 0.05) is 17.8 Å². The molecule has 0 aliphatic carbocycles. The molecule has 0 fully saturated rings. The average molecular weight is 490 g/mol. The second-order valence-corrected chi connectivity index (χ2v) is 12.1. The summed E-state index contributed by atoms with van der Waals surface area (Å²) in [5.74, 6) is -0.195. The van der Waals surface area contributed by atoms with Crippen molar-refractivity contribution in [3.63, 3.8) is 0 Å². The second kappa shape index (κ2) is 7.13. The number of hydrogen-bond acceptors (Lipinski definition) is 7. The molecule has 0 bridgehead atoms. The lowest BCUT2D eigenvalue weighted by molar-refractivity contribution is 0.103.